The van der Waals surface area contributed by atoms with E-state index in [0.29, 0.717) is 6.42 Å². The molecule has 0 bridgehead atoms. The van der Waals surface area contributed by atoms with Gasteiger partial charge in [-0.15, -0.1) is 0 Å². The second kappa shape index (κ2) is 5.51. The third kappa shape index (κ3) is 4.13. The molecule has 82 valence electrons. The lowest BCUT2D eigenvalue weighted by atomic mass is 10.1. The van der Waals surface area contributed by atoms with E-state index in [0.717, 1.165) is 5.56 Å². The normalized spacial score (nSPS) is 14.3. The molecule has 1 aromatic rings. The molecule has 0 aromatic heterocycles. The van der Waals surface area contributed by atoms with E-state index in [2.05, 4.69) is 5.32 Å². The van der Waals surface area contributed by atoms with Gasteiger partial charge in [0.15, 0.2) is 0 Å². The highest BCUT2D eigenvalue weighted by atomic mass is 16.1. The van der Waals surface area contributed by atoms with Crippen LogP contribution in [0, 0.1) is 0 Å². The molecule has 0 aliphatic heterocycles. The highest BCUT2D eigenvalue weighted by molar-refractivity contribution is 5.76. The maximum atomic E-state index is 11.4. The fourth-order valence-electron chi connectivity index (χ4n) is 1.42. The molecule has 0 saturated carbocycles. The number of carbonyl (C=O) groups is 1. The highest BCUT2D eigenvalue weighted by Gasteiger charge is 2.10. The van der Waals surface area contributed by atoms with Crippen molar-refractivity contribution in [3.05, 3.63) is 35.9 Å². The van der Waals surface area contributed by atoms with Crippen LogP contribution in [0.15, 0.2) is 30.3 Å². The van der Waals surface area contributed by atoms with Crippen molar-refractivity contribution in [2.24, 2.45) is 5.73 Å². The van der Waals surface area contributed by atoms with Crippen molar-refractivity contribution >= 4 is 5.91 Å². The fraction of sp³-hybridized carbons (Fsp3) is 0.417. The van der Waals surface area contributed by atoms with Crippen molar-refractivity contribution in [1.29, 1.82) is 0 Å². The number of hydrogen-bond donors (Lipinski definition) is 2. The number of carbonyl (C=O) groups excluding carboxylic acids is 1. The molecule has 0 heterocycles. The van der Waals surface area contributed by atoms with Crippen LogP contribution in [0.1, 0.15) is 31.9 Å². The monoisotopic (exact) mass is 206 g/mol. The molecule has 0 spiro atoms. The minimum atomic E-state index is -0.0898. The summed E-state index contributed by atoms with van der Waals surface area (Å²) in [5, 5.41) is 2.91. The molecule has 0 saturated heterocycles. The molecule has 3 nitrogen and oxygen atoms in total. The topological polar surface area (TPSA) is 55.1 Å². The Balaban J connectivity index is 2.49. The molecular weight excluding hydrogens is 188 g/mol. The van der Waals surface area contributed by atoms with Crippen LogP contribution in [0.2, 0.25) is 0 Å². The zero-order valence-corrected chi connectivity index (χ0v) is 9.23. The third-order valence-electron chi connectivity index (χ3n) is 2.18. The first-order valence-corrected chi connectivity index (χ1v) is 5.19. The number of hydrogen-bond acceptors (Lipinski definition) is 2. The largest absolute Gasteiger partial charge is 0.350 e. The quantitative estimate of drug-likeness (QED) is 0.786. The van der Waals surface area contributed by atoms with E-state index in [1.54, 1.807) is 0 Å². The molecule has 0 aliphatic carbocycles. The summed E-state index contributed by atoms with van der Waals surface area (Å²) in [4.78, 5) is 11.4. The van der Waals surface area contributed by atoms with Crippen molar-refractivity contribution < 1.29 is 4.79 Å². The highest BCUT2D eigenvalue weighted by Crippen LogP contribution is 2.11. The van der Waals surface area contributed by atoms with Gasteiger partial charge in [0.05, 0.1) is 6.04 Å². The van der Waals surface area contributed by atoms with Crippen molar-refractivity contribution in [2.45, 2.75) is 32.4 Å². The lowest BCUT2D eigenvalue weighted by Crippen LogP contribution is -2.31. The summed E-state index contributed by atoms with van der Waals surface area (Å²) < 4.78 is 0. The molecule has 15 heavy (non-hydrogen) atoms. The van der Waals surface area contributed by atoms with E-state index < -0.39 is 0 Å². The van der Waals surface area contributed by atoms with Crippen molar-refractivity contribution in [1.82, 2.24) is 5.32 Å². The summed E-state index contributed by atoms with van der Waals surface area (Å²) in [6.07, 6.45) is 0.372. The van der Waals surface area contributed by atoms with Gasteiger partial charge in [-0.2, -0.15) is 0 Å². The van der Waals surface area contributed by atoms with Gasteiger partial charge in [0.1, 0.15) is 0 Å². The second-order valence-corrected chi connectivity index (χ2v) is 3.88. The molecular formula is C12H18N2O. The molecule has 1 aromatic carbocycles. The number of benzene rings is 1. The maximum absolute atomic E-state index is 11.4. The van der Waals surface area contributed by atoms with Crippen LogP contribution in [0.3, 0.4) is 0 Å². The van der Waals surface area contributed by atoms with Crippen LogP contribution in [-0.2, 0) is 4.79 Å². The van der Waals surface area contributed by atoms with Gasteiger partial charge < -0.3 is 11.1 Å². The lowest BCUT2D eigenvalue weighted by Gasteiger charge is -2.15. The standard InChI is InChI=1S/C12H18N2O/c1-9(13)8-12(15)14-10(2)11-6-4-3-5-7-11/h3-7,9-10H,8,13H2,1-2H3,(H,14,15)/t9?,10-/m1/s1. The first-order chi connectivity index (χ1) is 7.09. The Bertz CT molecular complexity index is 309. The summed E-state index contributed by atoms with van der Waals surface area (Å²) in [6, 6.07) is 9.83. The summed E-state index contributed by atoms with van der Waals surface area (Å²) in [5.74, 6) is 0.00125. The first kappa shape index (κ1) is 11.7. The van der Waals surface area contributed by atoms with Gasteiger partial charge in [-0.1, -0.05) is 30.3 Å². The predicted molar refractivity (Wildman–Crippen MR) is 61.3 cm³/mol. The SMILES string of the molecule is CC(N)CC(=O)N[C@H](C)c1ccccc1. The van der Waals surface area contributed by atoms with Crippen LogP contribution < -0.4 is 11.1 Å². The molecule has 3 N–H and O–H groups in total. The van der Waals surface area contributed by atoms with Crippen LogP contribution >= 0.6 is 0 Å². The van der Waals surface area contributed by atoms with Gasteiger partial charge >= 0.3 is 0 Å². The Morgan fingerprint density at radius 1 is 1.33 bits per heavy atom. The number of nitrogens with one attached hydrogen (secondary N) is 1. The van der Waals surface area contributed by atoms with E-state index in [4.69, 9.17) is 5.73 Å². The van der Waals surface area contributed by atoms with Gasteiger partial charge in [0.2, 0.25) is 5.91 Å². The summed E-state index contributed by atoms with van der Waals surface area (Å²) in [7, 11) is 0. The lowest BCUT2D eigenvalue weighted by molar-refractivity contribution is -0.121. The van der Waals surface area contributed by atoms with Gasteiger partial charge in [0.25, 0.3) is 0 Å². The minimum absolute atomic E-state index is 0.00125. The zero-order chi connectivity index (χ0) is 11.3. The summed E-state index contributed by atoms with van der Waals surface area (Å²) in [6.45, 7) is 3.79. The Kier molecular flexibility index (Phi) is 4.31. The molecule has 1 rings (SSSR count). The average molecular weight is 206 g/mol. The third-order valence-corrected chi connectivity index (χ3v) is 2.18. The van der Waals surface area contributed by atoms with Gasteiger partial charge in [0, 0.05) is 12.5 Å². The minimum Gasteiger partial charge on any atom is -0.350 e. The fourth-order valence-corrected chi connectivity index (χ4v) is 1.42. The van der Waals surface area contributed by atoms with E-state index in [-0.39, 0.29) is 18.0 Å². The van der Waals surface area contributed by atoms with Gasteiger partial charge in [-0.25, -0.2) is 0 Å². The first-order valence-electron chi connectivity index (χ1n) is 5.19. The predicted octanol–water partition coefficient (Wildman–Crippen LogP) is 1.60. The Morgan fingerprint density at radius 3 is 2.47 bits per heavy atom. The second-order valence-electron chi connectivity index (χ2n) is 3.88. The number of amides is 1. The van der Waals surface area contributed by atoms with Crippen LogP contribution in [0.4, 0.5) is 0 Å². The molecule has 2 atom stereocenters. The van der Waals surface area contributed by atoms with Crippen molar-refractivity contribution in [2.75, 3.05) is 0 Å². The molecule has 3 heteroatoms. The van der Waals surface area contributed by atoms with Crippen molar-refractivity contribution in [3.8, 4) is 0 Å². The molecule has 1 unspecified atom stereocenters. The molecule has 1 amide bonds. The van der Waals surface area contributed by atoms with E-state index in [1.165, 1.54) is 0 Å². The Morgan fingerprint density at radius 2 is 1.93 bits per heavy atom. The molecule has 0 radical (unpaired) electrons. The molecule has 0 fully saturated rings. The van der Waals surface area contributed by atoms with Crippen LogP contribution in [-0.4, -0.2) is 11.9 Å². The Hall–Kier alpha value is -1.35. The summed E-state index contributed by atoms with van der Waals surface area (Å²) in [5.41, 5.74) is 6.65. The summed E-state index contributed by atoms with van der Waals surface area (Å²) >= 11 is 0. The van der Waals surface area contributed by atoms with Crippen LogP contribution in [0.5, 0.6) is 0 Å². The average Bonchev–Trinajstić information content (AvgIpc) is 2.17. The molecule has 0 aliphatic rings. The zero-order valence-electron chi connectivity index (χ0n) is 9.23. The Labute approximate surface area is 90.7 Å². The number of nitrogens with two attached hydrogens (primary N) is 1. The van der Waals surface area contributed by atoms with E-state index >= 15 is 0 Å². The van der Waals surface area contributed by atoms with Gasteiger partial charge in [-0.05, 0) is 19.4 Å². The van der Waals surface area contributed by atoms with E-state index in [9.17, 15) is 4.79 Å². The van der Waals surface area contributed by atoms with Crippen molar-refractivity contribution in [3.63, 3.8) is 0 Å². The number of rotatable bonds is 4. The smallest absolute Gasteiger partial charge is 0.222 e. The maximum Gasteiger partial charge on any atom is 0.222 e. The van der Waals surface area contributed by atoms with Crippen LogP contribution in [0.25, 0.3) is 0 Å². The van der Waals surface area contributed by atoms with Gasteiger partial charge in [-0.3, -0.25) is 4.79 Å². The van der Waals surface area contributed by atoms with E-state index in [1.807, 2.05) is 44.2 Å².